The van der Waals surface area contributed by atoms with Gasteiger partial charge in [-0.1, -0.05) is 0 Å². The second-order valence-corrected chi connectivity index (χ2v) is 1.37. The molecular formula is C7H6N2O. The molecule has 0 rings (SSSR count). The third-order valence-corrected chi connectivity index (χ3v) is 0.718. The lowest BCUT2D eigenvalue weighted by atomic mass is 10.3. The quantitative estimate of drug-likeness (QED) is 0.323. The Morgan fingerprint density at radius 3 is 2.40 bits per heavy atom. The zero-order valence-corrected chi connectivity index (χ0v) is 5.53. The van der Waals surface area contributed by atoms with Crippen LogP contribution in [0.2, 0.25) is 0 Å². The number of hydrogen-bond acceptors (Lipinski definition) is 3. The van der Waals surface area contributed by atoms with Crippen LogP contribution in [0.5, 0.6) is 0 Å². The summed E-state index contributed by atoms with van der Waals surface area (Å²) in [6.07, 6.45) is 4.25. The molecule has 0 unspecified atom stereocenters. The predicted molar refractivity (Wildman–Crippen MR) is 35.5 cm³/mol. The van der Waals surface area contributed by atoms with Crippen molar-refractivity contribution in [2.45, 2.75) is 0 Å². The molecule has 0 aromatic rings. The fourth-order valence-electron chi connectivity index (χ4n) is 0.314. The molecule has 0 saturated heterocycles. The molecule has 0 aromatic carbocycles. The normalized spacial score (nSPS) is 7.90. The van der Waals surface area contributed by atoms with Crippen molar-refractivity contribution in [3.63, 3.8) is 0 Å². The molecule has 0 aliphatic heterocycles. The minimum atomic E-state index is 0.0632. The van der Waals surface area contributed by atoms with Crippen LogP contribution in [0.3, 0.4) is 0 Å². The van der Waals surface area contributed by atoms with Gasteiger partial charge in [-0.3, -0.25) is 0 Å². The van der Waals surface area contributed by atoms with E-state index >= 15 is 0 Å². The van der Waals surface area contributed by atoms with Gasteiger partial charge in [0.15, 0.2) is 0 Å². The molecule has 0 radical (unpaired) electrons. The van der Waals surface area contributed by atoms with Crippen LogP contribution < -0.4 is 0 Å². The molecule has 0 amide bonds. The fourth-order valence-corrected chi connectivity index (χ4v) is 0.314. The molecule has 3 nitrogen and oxygen atoms in total. The summed E-state index contributed by atoms with van der Waals surface area (Å²) < 4.78 is 4.54. The van der Waals surface area contributed by atoms with Gasteiger partial charge in [0.2, 0.25) is 0 Å². The van der Waals surface area contributed by atoms with Crippen LogP contribution in [0.4, 0.5) is 0 Å². The van der Waals surface area contributed by atoms with Gasteiger partial charge < -0.3 is 4.74 Å². The molecule has 0 spiro atoms. The summed E-state index contributed by atoms with van der Waals surface area (Å²) in [5.41, 5.74) is 0.0632. The van der Waals surface area contributed by atoms with E-state index in [1.807, 2.05) is 0 Å². The number of rotatable bonds is 2. The number of nitrogens with zero attached hydrogens (tertiary/aromatic N) is 2. The highest BCUT2D eigenvalue weighted by Gasteiger charge is 1.84. The average molecular weight is 134 g/mol. The molecule has 0 saturated carbocycles. The first-order valence-electron chi connectivity index (χ1n) is 2.55. The van der Waals surface area contributed by atoms with Crippen LogP contribution in [0.1, 0.15) is 0 Å². The summed E-state index contributed by atoms with van der Waals surface area (Å²) in [4.78, 5) is 0. The lowest BCUT2D eigenvalue weighted by molar-refractivity contribution is 0.338. The van der Waals surface area contributed by atoms with Gasteiger partial charge in [-0.15, -0.1) is 0 Å². The van der Waals surface area contributed by atoms with Crippen molar-refractivity contribution >= 4 is 0 Å². The first-order chi connectivity index (χ1) is 4.85. The highest BCUT2D eigenvalue weighted by Crippen LogP contribution is 1.88. The topological polar surface area (TPSA) is 56.8 Å². The number of ether oxygens (including phenoxy) is 1. The summed E-state index contributed by atoms with van der Waals surface area (Å²) in [7, 11) is 1.49. The monoisotopic (exact) mass is 134 g/mol. The minimum Gasteiger partial charge on any atom is -0.504 e. The van der Waals surface area contributed by atoms with E-state index in [-0.39, 0.29) is 5.57 Å². The lowest BCUT2D eigenvalue weighted by Gasteiger charge is -1.80. The van der Waals surface area contributed by atoms with Crippen LogP contribution in [-0.4, -0.2) is 7.11 Å². The standard InChI is InChI=1S/C7H6N2O/c1-10-4-2-3-7(5-8)6-9/h2-4H,1H3/b4-2-. The van der Waals surface area contributed by atoms with Gasteiger partial charge in [-0.2, -0.15) is 10.5 Å². The SMILES string of the molecule is CO/C=C\C=C(C#N)C#N. The first kappa shape index (κ1) is 8.26. The molecule has 3 heteroatoms. The van der Waals surface area contributed by atoms with Gasteiger partial charge in [0, 0.05) is 0 Å². The summed E-state index contributed by atoms with van der Waals surface area (Å²) in [5, 5.41) is 16.4. The number of methoxy groups -OCH3 is 1. The van der Waals surface area contributed by atoms with Crippen molar-refractivity contribution in [2.24, 2.45) is 0 Å². The Balaban J connectivity index is 4.07. The van der Waals surface area contributed by atoms with Gasteiger partial charge in [0.25, 0.3) is 0 Å². The van der Waals surface area contributed by atoms with Gasteiger partial charge in [-0.05, 0) is 12.2 Å². The van der Waals surface area contributed by atoms with Crippen LogP contribution in [-0.2, 0) is 4.74 Å². The van der Waals surface area contributed by atoms with E-state index in [1.165, 1.54) is 25.5 Å². The third-order valence-electron chi connectivity index (χ3n) is 0.718. The van der Waals surface area contributed by atoms with E-state index in [0.29, 0.717) is 0 Å². The van der Waals surface area contributed by atoms with Gasteiger partial charge >= 0.3 is 0 Å². The van der Waals surface area contributed by atoms with Crippen molar-refractivity contribution in [2.75, 3.05) is 7.11 Å². The van der Waals surface area contributed by atoms with E-state index < -0.39 is 0 Å². The molecule has 0 heterocycles. The summed E-state index contributed by atoms with van der Waals surface area (Å²) >= 11 is 0. The highest BCUT2D eigenvalue weighted by atomic mass is 16.5. The fraction of sp³-hybridized carbons (Fsp3) is 0.143. The predicted octanol–water partition coefficient (Wildman–Crippen LogP) is 1.12. The van der Waals surface area contributed by atoms with Crippen LogP contribution in [0.25, 0.3) is 0 Å². The molecule has 50 valence electrons. The molecular weight excluding hydrogens is 128 g/mol. The minimum absolute atomic E-state index is 0.0632. The van der Waals surface area contributed by atoms with Crippen LogP contribution >= 0.6 is 0 Å². The maximum Gasteiger partial charge on any atom is 0.129 e. The molecule has 0 atom stereocenters. The van der Waals surface area contributed by atoms with Crippen LogP contribution in [0, 0.1) is 22.7 Å². The van der Waals surface area contributed by atoms with E-state index in [1.54, 1.807) is 12.1 Å². The summed E-state index contributed by atoms with van der Waals surface area (Å²) in [6, 6.07) is 3.41. The number of allylic oxidation sites excluding steroid dienone is 3. The maximum absolute atomic E-state index is 8.21. The van der Waals surface area contributed by atoms with Crippen LogP contribution in [0.15, 0.2) is 24.0 Å². The molecule has 0 aliphatic rings. The Labute approximate surface area is 59.4 Å². The smallest absolute Gasteiger partial charge is 0.129 e. The van der Waals surface area contributed by atoms with Crippen molar-refractivity contribution < 1.29 is 4.74 Å². The van der Waals surface area contributed by atoms with Gasteiger partial charge in [-0.25, -0.2) is 0 Å². The van der Waals surface area contributed by atoms with E-state index in [9.17, 15) is 0 Å². The Morgan fingerprint density at radius 2 is 2.00 bits per heavy atom. The number of nitriles is 2. The largest absolute Gasteiger partial charge is 0.504 e. The van der Waals surface area contributed by atoms with Crippen molar-refractivity contribution in [3.05, 3.63) is 24.0 Å². The van der Waals surface area contributed by atoms with Gasteiger partial charge in [0.05, 0.1) is 13.4 Å². The zero-order valence-electron chi connectivity index (χ0n) is 5.53. The third kappa shape index (κ3) is 3.29. The molecule has 0 aliphatic carbocycles. The van der Waals surface area contributed by atoms with Gasteiger partial charge in [0.1, 0.15) is 17.7 Å². The van der Waals surface area contributed by atoms with Crippen molar-refractivity contribution in [3.8, 4) is 12.1 Å². The van der Waals surface area contributed by atoms with E-state index in [4.69, 9.17) is 10.5 Å². The zero-order chi connectivity index (χ0) is 7.82. The Hall–Kier alpha value is -1.74. The molecule has 10 heavy (non-hydrogen) atoms. The Kier molecular flexibility index (Phi) is 4.46. The molecule has 0 fully saturated rings. The number of hydrogen-bond donors (Lipinski definition) is 0. The Bertz CT molecular complexity index is 211. The van der Waals surface area contributed by atoms with E-state index in [2.05, 4.69) is 4.74 Å². The highest BCUT2D eigenvalue weighted by molar-refractivity contribution is 5.37. The second kappa shape index (κ2) is 5.40. The Morgan fingerprint density at radius 1 is 1.40 bits per heavy atom. The second-order valence-electron chi connectivity index (χ2n) is 1.37. The summed E-state index contributed by atoms with van der Waals surface area (Å²) in [6.45, 7) is 0. The molecule has 0 aromatic heterocycles. The first-order valence-corrected chi connectivity index (χ1v) is 2.55. The summed E-state index contributed by atoms with van der Waals surface area (Å²) in [5.74, 6) is 0. The van der Waals surface area contributed by atoms with E-state index in [0.717, 1.165) is 0 Å². The lowest BCUT2D eigenvalue weighted by Crippen LogP contribution is -1.68. The molecule has 0 N–H and O–H groups in total. The maximum atomic E-state index is 8.21. The average Bonchev–Trinajstić information content (AvgIpc) is 1.99. The van der Waals surface area contributed by atoms with Crippen molar-refractivity contribution in [1.82, 2.24) is 0 Å². The van der Waals surface area contributed by atoms with Crippen molar-refractivity contribution in [1.29, 1.82) is 10.5 Å². The molecule has 0 bridgehead atoms.